The average molecular weight is 253 g/mol. The van der Waals surface area contributed by atoms with Crippen LogP contribution >= 0.6 is 22.7 Å². The number of benzene rings is 1. The van der Waals surface area contributed by atoms with Crippen LogP contribution in [-0.4, -0.2) is 14.1 Å². The molecule has 0 aliphatic rings. The normalized spacial score (nSPS) is 10.3. The Morgan fingerprint density at radius 1 is 1.07 bits per heavy atom. The van der Waals surface area contributed by atoms with Gasteiger partial charge in [-0.1, -0.05) is 45.9 Å². The molecular weight excluding hydrogens is 242 g/mol. The van der Waals surface area contributed by atoms with E-state index in [1.807, 2.05) is 32.3 Å². The van der Waals surface area contributed by atoms with E-state index < -0.39 is 0 Å². The first kappa shape index (κ1) is 10.8. The van der Waals surface area contributed by atoms with Crippen LogP contribution in [0.1, 0.15) is 0 Å². The highest BCUT2D eigenvalue weighted by Gasteiger charge is 2.02. The van der Waals surface area contributed by atoms with Crippen LogP contribution in [0.3, 0.4) is 0 Å². The van der Waals surface area contributed by atoms with Gasteiger partial charge >= 0.3 is 0 Å². The molecule has 0 aliphatic heterocycles. The number of hydrogen-bond donors (Lipinski definition) is 0. The lowest BCUT2D eigenvalue weighted by Crippen LogP contribution is -2.14. The molecule has 2 aromatic rings. The third kappa shape index (κ3) is 2.27. The summed E-state index contributed by atoms with van der Waals surface area (Å²) in [7, 11) is 4.10. The molecule has 0 atom stereocenters. The summed E-state index contributed by atoms with van der Waals surface area (Å²) in [5.74, 6) is 0. The number of rotatable bonds is 1. The molecule has 1 heterocycles. The predicted octanol–water partition coefficient (Wildman–Crippen LogP) is 2.41. The summed E-state index contributed by atoms with van der Waals surface area (Å²) in [5.41, 5.74) is 1.22. The largest absolute Gasteiger partial charge is 0.426 e. The minimum atomic E-state index is 0.981. The molecule has 78 valence electrons. The molecule has 1 aromatic heterocycles. The van der Waals surface area contributed by atoms with Crippen molar-refractivity contribution in [2.45, 2.75) is 4.21 Å². The maximum atomic E-state index is 5.38. The van der Waals surface area contributed by atoms with E-state index in [0.29, 0.717) is 0 Å². The summed E-state index contributed by atoms with van der Waals surface area (Å²) in [6.45, 7) is 0. The lowest BCUT2D eigenvalue weighted by atomic mass is 10.2. The van der Waals surface area contributed by atoms with E-state index in [0.717, 1.165) is 4.21 Å². The molecule has 0 spiro atoms. The third-order valence-corrected chi connectivity index (χ3v) is 5.28. The number of hydrogen-bond acceptors (Lipinski definition) is 3. The van der Waals surface area contributed by atoms with Crippen molar-refractivity contribution in [3.05, 3.63) is 34.3 Å². The topological polar surface area (TPSA) is 3.01 Å². The van der Waals surface area contributed by atoms with Crippen molar-refractivity contribution in [3.63, 3.8) is 0 Å². The molecule has 0 N–H and O–H groups in total. The standard InChI is InChI=1S/C11H11NS3/c1-12(2)11-14-9(10(13)15-11)8-6-4-3-5-7-8/h3-7H,1-2H3. The molecule has 0 saturated carbocycles. The second kappa shape index (κ2) is 4.43. The smallest absolute Gasteiger partial charge is 0.220 e. The summed E-state index contributed by atoms with van der Waals surface area (Å²) in [6, 6.07) is 10.3. The van der Waals surface area contributed by atoms with Gasteiger partial charge in [0.2, 0.25) is 3.98 Å². The Morgan fingerprint density at radius 2 is 1.73 bits per heavy atom. The van der Waals surface area contributed by atoms with Crippen LogP contribution in [0.2, 0.25) is 0 Å². The molecule has 0 unspecified atom stereocenters. The maximum absolute atomic E-state index is 5.38. The fourth-order valence-corrected chi connectivity index (χ4v) is 4.03. The van der Waals surface area contributed by atoms with Crippen LogP contribution in [0.4, 0.5) is 0 Å². The summed E-state index contributed by atoms with van der Waals surface area (Å²) in [4.78, 5) is 1.21. The predicted molar refractivity (Wildman–Crippen MR) is 70.4 cm³/mol. The van der Waals surface area contributed by atoms with Crippen LogP contribution in [0.15, 0.2) is 34.5 Å². The lowest BCUT2D eigenvalue weighted by Gasteiger charge is -2.01. The highest BCUT2D eigenvalue weighted by Crippen LogP contribution is 2.28. The van der Waals surface area contributed by atoms with Gasteiger partial charge in [-0.3, -0.25) is 11.3 Å². The monoisotopic (exact) mass is 253 g/mol. The van der Waals surface area contributed by atoms with Gasteiger partial charge in [0.15, 0.2) is 0 Å². The molecular formula is C11H11NS3. The lowest BCUT2D eigenvalue weighted by molar-refractivity contribution is 0.844. The molecule has 0 aliphatic carbocycles. The fourth-order valence-electron chi connectivity index (χ4n) is 1.22. The maximum Gasteiger partial charge on any atom is 0.220 e. The van der Waals surface area contributed by atoms with Crippen LogP contribution in [0.25, 0.3) is 10.4 Å². The Balaban J connectivity index is 2.61. The van der Waals surface area contributed by atoms with E-state index in [-0.39, 0.29) is 0 Å². The Hall–Kier alpha value is -0.710. The van der Waals surface area contributed by atoms with Gasteiger partial charge in [-0.05, 0) is 5.56 Å². The Bertz CT molecular complexity index is 518. The van der Waals surface area contributed by atoms with Crippen molar-refractivity contribution in [3.8, 4) is 10.4 Å². The fraction of sp³-hybridized carbons (Fsp3) is 0.182. The SMILES string of the molecule is C[N+](C)=c1sc([S-])c(-c2ccccc2)s1. The highest BCUT2D eigenvalue weighted by atomic mass is 32.2. The first-order valence-electron chi connectivity index (χ1n) is 4.55. The van der Waals surface area contributed by atoms with Gasteiger partial charge in [-0.25, -0.2) is 4.58 Å². The van der Waals surface area contributed by atoms with Crippen LogP contribution in [0.5, 0.6) is 0 Å². The van der Waals surface area contributed by atoms with E-state index in [1.54, 1.807) is 22.7 Å². The second-order valence-electron chi connectivity index (χ2n) is 3.35. The van der Waals surface area contributed by atoms with Crippen LogP contribution < -0.4 is 8.56 Å². The van der Waals surface area contributed by atoms with Gasteiger partial charge in [-0.15, -0.1) is 0 Å². The zero-order valence-electron chi connectivity index (χ0n) is 8.56. The quantitative estimate of drug-likeness (QED) is 0.557. The molecule has 0 saturated heterocycles. The van der Waals surface area contributed by atoms with Gasteiger partial charge in [0, 0.05) is 4.88 Å². The summed E-state index contributed by atoms with van der Waals surface area (Å²) in [6.07, 6.45) is 0. The van der Waals surface area contributed by atoms with E-state index in [4.69, 9.17) is 12.6 Å². The van der Waals surface area contributed by atoms with E-state index >= 15 is 0 Å². The Labute approximate surface area is 103 Å². The van der Waals surface area contributed by atoms with Crippen molar-refractivity contribution in [1.82, 2.24) is 4.58 Å². The molecule has 0 fully saturated rings. The molecule has 0 bridgehead atoms. The highest BCUT2D eigenvalue weighted by molar-refractivity contribution is 7.64. The van der Waals surface area contributed by atoms with E-state index in [2.05, 4.69) is 16.7 Å². The van der Waals surface area contributed by atoms with Gasteiger partial charge in [0.05, 0.1) is 0 Å². The Kier molecular flexibility index (Phi) is 3.19. The molecule has 4 heteroatoms. The van der Waals surface area contributed by atoms with E-state index in [9.17, 15) is 0 Å². The van der Waals surface area contributed by atoms with Crippen molar-refractivity contribution in [2.24, 2.45) is 0 Å². The zero-order chi connectivity index (χ0) is 10.8. The molecule has 1 nitrogen and oxygen atoms in total. The Morgan fingerprint density at radius 3 is 2.27 bits per heavy atom. The van der Waals surface area contributed by atoms with Gasteiger partial charge in [0.1, 0.15) is 14.1 Å². The van der Waals surface area contributed by atoms with Crippen molar-refractivity contribution < 1.29 is 0 Å². The minimum absolute atomic E-state index is 0.981. The number of nitrogens with zero attached hydrogens (tertiary/aromatic N) is 1. The van der Waals surface area contributed by atoms with Crippen molar-refractivity contribution in [1.29, 1.82) is 0 Å². The van der Waals surface area contributed by atoms with Crippen molar-refractivity contribution in [2.75, 3.05) is 14.1 Å². The first-order chi connectivity index (χ1) is 7.18. The second-order valence-corrected chi connectivity index (χ2v) is 6.27. The molecule has 2 rings (SSSR count). The zero-order valence-corrected chi connectivity index (χ0v) is 11.0. The molecule has 15 heavy (non-hydrogen) atoms. The van der Waals surface area contributed by atoms with E-state index in [1.165, 1.54) is 14.4 Å². The molecule has 1 aromatic carbocycles. The van der Waals surface area contributed by atoms with Gasteiger partial charge in [0.25, 0.3) is 0 Å². The molecule has 0 amide bonds. The molecule has 0 radical (unpaired) electrons. The summed E-state index contributed by atoms with van der Waals surface area (Å²) in [5, 5.41) is 0. The van der Waals surface area contributed by atoms with Crippen LogP contribution in [0, 0.1) is 0 Å². The first-order valence-corrected chi connectivity index (χ1v) is 6.59. The summed E-state index contributed by atoms with van der Waals surface area (Å²) < 4.78 is 4.34. The average Bonchev–Trinajstić information content (AvgIpc) is 2.62. The van der Waals surface area contributed by atoms with Gasteiger partial charge < -0.3 is 12.6 Å². The van der Waals surface area contributed by atoms with Gasteiger partial charge in [-0.2, -0.15) is 0 Å². The summed E-state index contributed by atoms with van der Waals surface area (Å²) >= 11 is 8.81. The van der Waals surface area contributed by atoms with Crippen LogP contribution in [-0.2, 0) is 12.6 Å². The third-order valence-electron chi connectivity index (χ3n) is 1.96. The van der Waals surface area contributed by atoms with Crippen molar-refractivity contribution >= 4 is 35.3 Å². The minimum Gasteiger partial charge on any atom is -0.426 e.